The lowest BCUT2D eigenvalue weighted by molar-refractivity contribution is 0.182. The summed E-state index contributed by atoms with van der Waals surface area (Å²) in [6.45, 7) is 7.93. The summed E-state index contributed by atoms with van der Waals surface area (Å²) in [7, 11) is 1.70. The molecule has 1 aromatic rings. The molecule has 0 saturated heterocycles. The second-order valence-electron chi connectivity index (χ2n) is 4.86. The van der Waals surface area contributed by atoms with Gasteiger partial charge in [-0.25, -0.2) is 0 Å². The first-order valence-corrected chi connectivity index (χ1v) is 6.92. The fourth-order valence-corrected chi connectivity index (χ4v) is 2.01. The van der Waals surface area contributed by atoms with Gasteiger partial charge in [-0.15, -0.1) is 0 Å². The molecule has 0 fully saturated rings. The maximum absolute atomic E-state index is 6.14. The van der Waals surface area contributed by atoms with Crippen molar-refractivity contribution in [2.75, 3.05) is 26.8 Å². The van der Waals surface area contributed by atoms with Gasteiger partial charge in [0, 0.05) is 7.11 Å². The van der Waals surface area contributed by atoms with Gasteiger partial charge >= 0.3 is 0 Å². The van der Waals surface area contributed by atoms with Gasteiger partial charge in [-0.1, -0.05) is 25.4 Å². The summed E-state index contributed by atoms with van der Waals surface area (Å²) in [5, 5.41) is 8.46. The van der Waals surface area contributed by atoms with Gasteiger partial charge in [0.2, 0.25) is 0 Å². The molecule has 0 radical (unpaired) electrons. The summed E-state index contributed by atoms with van der Waals surface area (Å²) < 4.78 is 7.00. The first kappa shape index (κ1) is 15.5. The number of halogens is 1. The molecule has 1 heterocycles. The highest BCUT2D eigenvalue weighted by Gasteiger charge is 2.08. The molecule has 0 bridgehead atoms. The predicted octanol–water partition coefficient (Wildman–Crippen LogP) is 2.36. The Hall–Kier alpha value is -0.580. The molecule has 5 heteroatoms. The van der Waals surface area contributed by atoms with E-state index in [9.17, 15) is 0 Å². The highest BCUT2D eigenvalue weighted by Crippen LogP contribution is 2.16. The minimum absolute atomic E-state index is 0.663. The number of nitrogens with zero attached hydrogens (tertiary/aromatic N) is 2. The average molecular weight is 274 g/mol. The minimum Gasteiger partial charge on any atom is -0.383 e. The van der Waals surface area contributed by atoms with Gasteiger partial charge in [0.15, 0.2) is 0 Å². The van der Waals surface area contributed by atoms with Crippen molar-refractivity contribution < 1.29 is 4.74 Å². The molecule has 104 valence electrons. The topological polar surface area (TPSA) is 39.1 Å². The molecule has 1 rings (SSSR count). The van der Waals surface area contributed by atoms with Crippen LogP contribution in [-0.2, 0) is 17.7 Å². The van der Waals surface area contributed by atoms with Crippen LogP contribution >= 0.6 is 11.6 Å². The fraction of sp³-hybridized carbons (Fsp3) is 0.769. The maximum atomic E-state index is 6.14. The minimum atomic E-state index is 0.663. The Morgan fingerprint density at radius 2 is 2.28 bits per heavy atom. The van der Waals surface area contributed by atoms with Crippen LogP contribution in [0.15, 0.2) is 6.20 Å². The van der Waals surface area contributed by atoms with Crippen LogP contribution in [0.5, 0.6) is 0 Å². The second-order valence-corrected chi connectivity index (χ2v) is 5.26. The van der Waals surface area contributed by atoms with E-state index in [0.29, 0.717) is 12.5 Å². The Labute approximate surface area is 115 Å². The van der Waals surface area contributed by atoms with E-state index in [0.717, 1.165) is 43.2 Å². The van der Waals surface area contributed by atoms with Gasteiger partial charge in [-0.05, 0) is 31.8 Å². The molecule has 18 heavy (non-hydrogen) atoms. The molecule has 0 spiro atoms. The van der Waals surface area contributed by atoms with Crippen molar-refractivity contribution in [2.45, 2.75) is 33.2 Å². The summed E-state index contributed by atoms with van der Waals surface area (Å²) in [6.07, 6.45) is 3.74. The Morgan fingerprint density at radius 3 is 2.94 bits per heavy atom. The molecule has 0 unspecified atom stereocenters. The summed E-state index contributed by atoms with van der Waals surface area (Å²) in [4.78, 5) is 0. The van der Waals surface area contributed by atoms with E-state index in [2.05, 4.69) is 24.3 Å². The smallest absolute Gasteiger partial charge is 0.0817 e. The van der Waals surface area contributed by atoms with E-state index in [1.165, 1.54) is 0 Å². The number of hydrogen-bond acceptors (Lipinski definition) is 3. The molecule has 4 nitrogen and oxygen atoms in total. The first-order chi connectivity index (χ1) is 8.65. The number of aromatic nitrogens is 2. The molecule has 1 N–H and O–H groups in total. The first-order valence-electron chi connectivity index (χ1n) is 6.55. The molecular weight excluding hydrogens is 250 g/mol. The lowest BCUT2D eigenvalue weighted by Gasteiger charge is -2.09. The zero-order valence-electron chi connectivity index (χ0n) is 11.6. The molecule has 0 saturated carbocycles. The third-order valence-electron chi connectivity index (χ3n) is 2.72. The second kappa shape index (κ2) is 8.51. The zero-order valence-corrected chi connectivity index (χ0v) is 12.3. The standard InChI is InChI=1S/C13H24ClN3O/c1-11(2)9-15-6-4-5-13-12(14)10-16-17(13)7-8-18-3/h10-11,15H,4-9H2,1-3H3. The summed E-state index contributed by atoms with van der Waals surface area (Å²) in [5.74, 6) is 0.695. The number of rotatable bonds is 9. The van der Waals surface area contributed by atoms with Crippen molar-refractivity contribution in [3.63, 3.8) is 0 Å². The zero-order chi connectivity index (χ0) is 13.4. The Bertz CT molecular complexity index is 339. The van der Waals surface area contributed by atoms with Gasteiger partial charge in [-0.2, -0.15) is 5.10 Å². The van der Waals surface area contributed by atoms with Gasteiger partial charge in [0.1, 0.15) is 0 Å². The van der Waals surface area contributed by atoms with Crippen molar-refractivity contribution >= 4 is 11.6 Å². The van der Waals surface area contributed by atoms with Crippen molar-refractivity contribution in [3.05, 3.63) is 16.9 Å². The van der Waals surface area contributed by atoms with Crippen LogP contribution in [-0.4, -0.2) is 36.6 Å². The molecule has 0 aliphatic rings. The molecule has 0 aromatic carbocycles. The van der Waals surface area contributed by atoms with Gasteiger partial charge in [0.05, 0.1) is 30.1 Å². The SMILES string of the molecule is COCCn1ncc(Cl)c1CCCNCC(C)C. The van der Waals surface area contributed by atoms with E-state index in [1.807, 2.05) is 4.68 Å². The van der Waals surface area contributed by atoms with Crippen LogP contribution in [0.25, 0.3) is 0 Å². The molecule has 0 atom stereocenters. The van der Waals surface area contributed by atoms with Crippen LogP contribution in [0.2, 0.25) is 5.02 Å². The third-order valence-corrected chi connectivity index (χ3v) is 3.04. The predicted molar refractivity (Wildman–Crippen MR) is 75.1 cm³/mol. The fourth-order valence-electron chi connectivity index (χ4n) is 1.78. The molecular formula is C13H24ClN3O. The third kappa shape index (κ3) is 5.38. The maximum Gasteiger partial charge on any atom is 0.0817 e. The summed E-state index contributed by atoms with van der Waals surface area (Å²) in [5.41, 5.74) is 1.11. The van der Waals surface area contributed by atoms with Gasteiger partial charge < -0.3 is 10.1 Å². The number of methoxy groups -OCH3 is 1. The Balaban J connectivity index is 2.34. The van der Waals surface area contributed by atoms with Crippen molar-refractivity contribution in [3.8, 4) is 0 Å². The number of ether oxygens (including phenoxy) is 1. The largest absolute Gasteiger partial charge is 0.383 e. The van der Waals surface area contributed by atoms with E-state index in [-0.39, 0.29) is 0 Å². The van der Waals surface area contributed by atoms with Crippen LogP contribution in [0, 0.1) is 5.92 Å². The molecule has 0 aliphatic carbocycles. The van der Waals surface area contributed by atoms with Crippen LogP contribution in [0.1, 0.15) is 26.0 Å². The quantitative estimate of drug-likeness (QED) is 0.702. The number of hydrogen-bond donors (Lipinski definition) is 1. The van der Waals surface area contributed by atoms with Crippen LogP contribution in [0.4, 0.5) is 0 Å². The highest BCUT2D eigenvalue weighted by molar-refractivity contribution is 6.31. The average Bonchev–Trinajstić information content (AvgIpc) is 2.67. The van der Waals surface area contributed by atoms with E-state index >= 15 is 0 Å². The lowest BCUT2D eigenvalue weighted by Crippen LogP contribution is -2.21. The summed E-state index contributed by atoms with van der Waals surface area (Å²) in [6, 6.07) is 0. The summed E-state index contributed by atoms with van der Waals surface area (Å²) >= 11 is 6.14. The molecule has 0 amide bonds. The van der Waals surface area contributed by atoms with Crippen LogP contribution < -0.4 is 5.32 Å². The normalized spacial score (nSPS) is 11.4. The lowest BCUT2D eigenvalue weighted by atomic mass is 10.2. The van der Waals surface area contributed by atoms with Gasteiger partial charge in [-0.3, -0.25) is 4.68 Å². The van der Waals surface area contributed by atoms with Crippen molar-refractivity contribution in [2.24, 2.45) is 5.92 Å². The van der Waals surface area contributed by atoms with E-state index in [4.69, 9.17) is 16.3 Å². The van der Waals surface area contributed by atoms with Crippen molar-refractivity contribution in [1.29, 1.82) is 0 Å². The Morgan fingerprint density at radius 1 is 1.50 bits per heavy atom. The van der Waals surface area contributed by atoms with E-state index in [1.54, 1.807) is 13.3 Å². The van der Waals surface area contributed by atoms with E-state index < -0.39 is 0 Å². The monoisotopic (exact) mass is 273 g/mol. The van der Waals surface area contributed by atoms with Crippen LogP contribution in [0.3, 0.4) is 0 Å². The molecule has 1 aromatic heterocycles. The highest BCUT2D eigenvalue weighted by atomic mass is 35.5. The molecule has 0 aliphatic heterocycles. The van der Waals surface area contributed by atoms with Crippen molar-refractivity contribution in [1.82, 2.24) is 15.1 Å². The van der Waals surface area contributed by atoms with Gasteiger partial charge in [0.25, 0.3) is 0 Å². The number of nitrogens with one attached hydrogen (secondary N) is 1. The Kier molecular flexibility index (Phi) is 7.32.